The van der Waals surface area contributed by atoms with E-state index in [0.717, 1.165) is 0 Å². The summed E-state index contributed by atoms with van der Waals surface area (Å²) in [7, 11) is 0. The summed E-state index contributed by atoms with van der Waals surface area (Å²) in [6.07, 6.45) is 1.29. The molecule has 1 aromatic carbocycles. The van der Waals surface area contributed by atoms with E-state index < -0.39 is 17.3 Å². The van der Waals surface area contributed by atoms with Crippen LogP contribution in [0.1, 0.15) is 54.0 Å². The molecule has 30 heavy (non-hydrogen) atoms. The van der Waals surface area contributed by atoms with Crippen molar-refractivity contribution in [3.8, 4) is 6.07 Å². The van der Waals surface area contributed by atoms with Gasteiger partial charge in [-0.15, -0.1) is 0 Å². The number of benzene rings is 1. The maximum atomic E-state index is 13.8. The highest BCUT2D eigenvalue weighted by Gasteiger charge is 2.41. The minimum atomic E-state index is -0.586. The Morgan fingerprint density at radius 3 is 2.60 bits per heavy atom. The van der Waals surface area contributed by atoms with Gasteiger partial charge in [-0.3, -0.25) is 14.4 Å². The van der Waals surface area contributed by atoms with E-state index in [-0.39, 0.29) is 23.7 Å². The van der Waals surface area contributed by atoms with Gasteiger partial charge in [0.1, 0.15) is 17.4 Å². The quantitative estimate of drug-likeness (QED) is 0.769. The summed E-state index contributed by atoms with van der Waals surface area (Å²) < 4.78 is 15.0. The van der Waals surface area contributed by atoms with Gasteiger partial charge in [0.25, 0.3) is 5.56 Å². The number of hydrogen-bond donors (Lipinski definition) is 0. The maximum Gasteiger partial charge on any atom is 0.288 e. The molecule has 1 aliphatic carbocycles. The zero-order valence-corrected chi connectivity index (χ0v) is 16.7. The monoisotopic (exact) mass is 405 g/mol. The SMILES string of the molecule is Cc1cc(C)n(N2C(=O)C[C@H](c3cccc(F)c3)C3=C2CCCC3=O)c(=O)c1C#N. The molecule has 7 heteroatoms. The topological polar surface area (TPSA) is 83.2 Å². The van der Waals surface area contributed by atoms with Crippen molar-refractivity contribution >= 4 is 11.7 Å². The number of Topliss-reactive ketones (excluding diaryl/α,β-unsaturated/α-hetero) is 1. The number of nitriles is 1. The van der Waals surface area contributed by atoms with Gasteiger partial charge >= 0.3 is 0 Å². The van der Waals surface area contributed by atoms with Gasteiger partial charge in [-0.25, -0.2) is 14.1 Å². The molecule has 0 saturated heterocycles. The van der Waals surface area contributed by atoms with Crippen LogP contribution in [0.15, 0.2) is 46.4 Å². The smallest absolute Gasteiger partial charge is 0.288 e. The van der Waals surface area contributed by atoms with E-state index in [4.69, 9.17) is 0 Å². The number of halogens is 1. The molecule has 1 aromatic heterocycles. The first kappa shape index (κ1) is 19.8. The second-order valence-corrected chi connectivity index (χ2v) is 7.73. The van der Waals surface area contributed by atoms with Gasteiger partial charge in [0.15, 0.2) is 5.78 Å². The second-order valence-electron chi connectivity index (χ2n) is 7.73. The summed E-state index contributed by atoms with van der Waals surface area (Å²) in [6.45, 7) is 3.36. The number of pyridine rings is 1. The lowest BCUT2D eigenvalue weighted by Crippen LogP contribution is -2.52. The fraction of sp³-hybridized carbons (Fsp3) is 0.304. The van der Waals surface area contributed by atoms with E-state index in [2.05, 4.69) is 0 Å². The normalized spacial score (nSPS) is 19.0. The number of nitrogens with zero attached hydrogens (tertiary/aromatic N) is 3. The molecule has 0 radical (unpaired) electrons. The summed E-state index contributed by atoms with van der Waals surface area (Å²) in [6, 6.07) is 9.52. The van der Waals surface area contributed by atoms with E-state index >= 15 is 0 Å². The van der Waals surface area contributed by atoms with Crippen molar-refractivity contribution in [2.24, 2.45) is 0 Å². The summed E-state index contributed by atoms with van der Waals surface area (Å²) in [5, 5.41) is 10.7. The first-order valence-corrected chi connectivity index (χ1v) is 9.81. The summed E-state index contributed by atoms with van der Waals surface area (Å²) in [5.74, 6) is -1.45. The molecule has 0 fully saturated rings. The van der Waals surface area contributed by atoms with Crippen LogP contribution in [-0.2, 0) is 9.59 Å². The lowest BCUT2D eigenvalue weighted by Gasteiger charge is -2.39. The van der Waals surface area contributed by atoms with Crippen LogP contribution in [0.4, 0.5) is 4.39 Å². The molecule has 6 nitrogen and oxygen atoms in total. The van der Waals surface area contributed by atoms with Gasteiger partial charge < -0.3 is 0 Å². The third-order valence-corrected chi connectivity index (χ3v) is 5.77. The van der Waals surface area contributed by atoms with Gasteiger partial charge in [0, 0.05) is 30.0 Å². The van der Waals surface area contributed by atoms with Crippen LogP contribution in [0.25, 0.3) is 0 Å². The molecule has 0 spiro atoms. The molecule has 0 bridgehead atoms. The van der Waals surface area contributed by atoms with Crippen LogP contribution in [0, 0.1) is 31.0 Å². The third kappa shape index (κ3) is 3.05. The number of aromatic nitrogens is 1. The highest BCUT2D eigenvalue weighted by Crippen LogP contribution is 2.41. The van der Waals surface area contributed by atoms with Crippen molar-refractivity contribution < 1.29 is 14.0 Å². The molecule has 2 heterocycles. The molecule has 4 rings (SSSR count). The first-order valence-electron chi connectivity index (χ1n) is 9.81. The van der Waals surface area contributed by atoms with Gasteiger partial charge in [-0.05, 0) is 56.0 Å². The number of allylic oxidation sites excluding steroid dienone is 2. The van der Waals surface area contributed by atoms with E-state index in [1.807, 2.05) is 6.07 Å². The van der Waals surface area contributed by atoms with Crippen LogP contribution in [0.2, 0.25) is 0 Å². The fourth-order valence-electron chi connectivity index (χ4n) is 4.48. The van der Waals surface area contributed by atoms with Crippen molar-refractivity contribution in [2.45, 2.75) is 45.4 Å². The van der Waals surface area contributed by atoms with Crippen LogP contribution in [-0.4, -0.2) is 16.4 Å². The Morgan fingerprint density at radius 1 is 1.13 bits per heavy atom. The molecular formula is C23H20FN3O3. The van der Waals surface area contributed by atoms with Gasteiger partial charge in [0.2, 0.25) is 5.91 Å². The summed E-state index contributed by atoms with van der Waals surface area (Å²) >= 11 is 0. The lowest BCUT2D eigenvalue weighted by molar-refractivity contribution is -0.121. The number of rotatable bonds is 2. The molecule has 2 aromatic rings. The molecule has 1 atom stereocenters. The van der Waals surface area contributed by atoms with E-state index in [0.29, 0.717) is 47.4 Å². The predicted molar refractivity (Wildman–Crippen MR) is 108 cm³/mol. The zero-order chi connectivity index (χ0) is 21.6. The molecule has 1 aliphatic heterocycles. The molecule has 0 unspecified atom stereocenters. The standard InChI is InChI=1S/C23H20FN3O3/c1-13-9-14(2)26(23(30)18(13)12-25)27-19-7-4-8-20(28)22(19)17(11-21(27)29)15-5-3-6-16(24)10-15/h3,5-6,9-10,17H,4,7-8,11H2,1-2H3/t17-/m1/s1. The second kappa shape index (κ2) is 7.38. The highest BCUT2D eigenvalue weighted by molar-refractivity contribution is 6.04. The van der Waals surface area contributed by atoms with Crippen molar-refractivity contribution in [1.82, 2.24) is 4.68 Å². The Labute approximate surface area is 172 Å². The van der Waals surface area contributed by atoms with Crippen LogP contribution >= 0.6 is 0 Å². The minimum Gasteiger partial charge on any atom is -0.294 e. The number of aryl methyl sites for hydroxylation is 2. The lowest BCUT2D eigenvalue weighted by atomic mass is 9.77. The number of carbonyl (C=O) groups excluding carboxylic acids is 2. The Kier molecular flexibility index (Phi) is 4.86. The first-order chi connectivity index (χ1) is 14.3. The molecule has 0 saturated carbocycles. The third-order valence-electron chi connectivity index (χ3n) is 5.77. The van der Waals surface area contributed by atoms with Gasteiger partial charge in [-0.2, -0.15) is 5.26 Å². The average Bonchev–Trinajstić information content (AvgIpc) is 2.69. The fourth-order valence-corrected chi connectivity index (χ4v) is 4.48. The molecule has 0 N–H and O–H groups in total. The summed E-state index contributed by atoms with van der Waals surface area (Å²) in [5.41, 5.74) is 1.90. The van der Waals surface area contributed by atoms with Crippen LogP contribution in [0.3, 0.4) is 0 Å². The number of ketones is 1. The number of hydrogen-bond acceptors (Lipinski definition) is 4. The van der Waals surface area contributed by atoms with E-state index in [1.54, 1.807) is 32.0 Å². The number of amides is 1. The summed E-state index contributed by atoms with van der Waals surface area (Å²) in [4.78, 5) is 39.2. The molecule has 152 valence electrons. The molecular weight excluding hydrogens is 385 g/mol. The van der Waals surface area contributed by atoms with Crippen molar-refractivity contribution in [1.29, 1.82) is 5.26 Å². The zero-order valence-electron chi connectivity index (χ0n) is 16.7. The Hall–Kier alpha value is -3.53. The Morgan fingerprint density at radius 2 is 1.90 bits per heavy atom. The van der Waals surface area contributed by atoms with Crippen molar-refractivity contribution in [3.05, 3.63) is 80.2 Å². The van der Waals surface area contributed by atoms with Crippen molar-refractivity contribution in [3.63, 3.8) is 0 Å². The van der Waals surface area contributed by atoms with E-state index in [1.165, 1.54) is 21.8 Å². The van der Waals surface area contributed by atoms with Crippen LogP contribution in [0.5, 0.6) is 0 Å². The largest absolute Gasteiger partial charge is 0.294 e. The number of carbonyl (C=O) groups is 2. The van der Waals surface area contributed by atoms with Gasteiger partial charge in [0.05, 0.1) is 5.70 Å². The predicted octanol–water partition coefficient (Wildman–Crippen LogP) is 3.14. The van der Waals surface area contributed by atoms with Crippen LogP contribution < -0.4 is 10.6 Å². The van der Waals surface area contributed by atoms with E-state index in [9.17, 15) is 24.0 Å². The average molecular weight is 405 g/mol. The molecule has 2 aliphatic rings. The van der Waals surface area contributed by atoms with Gasteiger partial charge in [-0.1, -0.05) is 12.1 Å². The van der Waals surface area contributed by atoms with Crippen molar-refractivity contribution in [2.75, 3.05) is 5.01 Å². The Bertz CT molecular complexity index is 1220. The minimum absolute atomic E-state index is 0.0371. The molecule has 1 amide bonds. The highest BCUT2D eigenvalue weighted by atomic mass is 19.1. The Balaban J connectivity index is 1.96. The maximum absolute atomic E-state index is 13.8.